The van der Waals surface area contributed by atoms with Crippen molar-refractivity contribution < 1.29 is 9.84 Å². The Kier molecular flexibility index (Phi) is 6.52. The van der Waals surface area contributed by atoms with E-state index in [1.807, 2.05) is 12.1 Å². The predicted octanol–water partition coefficient (Wildman–Crippen LogP) is 3.68. The molecule has 2 N–H and O–H groups in total. The van der Waals surface area contributed by atoms with Crippen molar-refractivity contribution >= 4 is 0 Å². The van der Waals surface area contributed by atoms with Crippen LogP contribution in [0.15, 0.2) is 24.3 Å². The van der Waals surface area contributed by atoms with Gasteiger partial charge >= 0.3 is 0 Å². The molecule has 0 heterocycles. The van der Waals surface area contributed by atoms with Crippen molar-refractivity contribution in [1.29, 1.82) is 0 Å². The first-order valence-electron chi connectivity index (χ1n) is 8.35. The van der Waals surface area contributed by atoms with Crippen LogP contribution in [0.4, 0.5) is 0 Å². The van der Waals surface area contributed by atoms with E-state index in [0.29, 0.717) is 12.0 Å². The Morgan fingerprint density at radius 2 is 1.95 bits per heavy atom. The van der Waals surface area contributed by atoms with Gasteiger partial charge in [0.15, 0.2) is 0 Å². The van der Waals surface area contributed by atoms with Crippen LogP contribution in [0.3, 0.4) is 0 Å². The van der Waals surface area contributed by atoms with Crippen LogP contribution in [0.2, 0.25) is 0 Å². The number of benzene rings is 1. The molecule has 2 rings (SSSR count). The minimum Gasteiger partial charge on any atom is -0.494 e. The molecular weight excluding hydrogens is 262 g/mol. The number of hydrogen-bond donors (Lipinski definition) is 2. The minimum atomic E-state index is -0.122. The SMILES string of the molecule is CCCOc1ccc(C(C)NCC2CCCCC2O)cc1. The molecule has 3 heteroatoms. The molecule has 0 radical (unpaired) electrons. The highest BCUT2D eigenvalue weighted by Gasteiger charge is 2.23. The third-order valence-corrected chi connectivity index (χ3v) is 4.41. The van der Waals surface area contributed by atoms with Gasteiger partial charge in [0.25, 0.3) is 0 Å². The normalized spacial score (nSPS) is 23.8. The van der Waals surface area contributed by atoms with E-state index < -0.39 is 0 Å². The summed E-state index contributed by atoms with van der Waals surface area (Å²) in [4.78, 5) is 0. The number of nitrogens with one attached hydrogen (secondary N) is 1. The zero-order chi connectivity index (χ0) is 15.1. The standard InChI is InChI=1S/C18H29NO2/c1-3-12-21-17-10-8-15(9-11-17)14(2)19-13-16-6-4-5-7-18(16)20/h8-11,14,16,18-20H,3-7,12-13H2,1-2H3. The van der Waals surface area contributed by atoms with E-state index in [4.69, 9.17) is 4.74 Å². The van der Waals surface area contributed by atoms with Crippen molar-refractivity contribution in [1.82, 2.24) is 5.32 Å². The summed E-state index contributed by atoms with van der Waals surface area (Å²) < 4.78 is 5.61. The maximum absolute atomic E-state index is 10.0. The second kappa shape index (κ2) is 8.40. The topological polar surface area (TPSA) is 41.5 Å². The first kappa shape index (κ1) is 16.3. The van der Waals surface area contributed by atoms with Gasteiger partial charge in [0, 0.05) is 12.6 Å². The van der Waals surface area contributed by atoms with E-state index in [1.165, 1.54) is 18.4 Å². The summed E-state index contributed by atoms with van der Waals surface area (Å²) in [5.41, 5.74) is 1.27. The minimum absolute atomic E-state index is 0.122. The number of ether oxygens (including phenoxy) is 1. The molecule has 0 aliphatic heterocycles. The number of hydrogen-bond acceptors (Lipinski definition) is 3. The van der Waals surface area contributed by atoms with Crippen LogP contribution in [0.25, 0.3) is 0 Å². The van der Waals surface area contributed by atoms with Gasteiger partial charge in [0.05, 0.1) is 12.7 Å². The number of rotatable bonds is 7. The Balaban J connectivity index is 1.80. The van der Waals surface area contributed by atoms with Gasteiger partial charge in [-0.3, -0.25) is 0 Å². The summed E-state index contributed by atoms with van der Waals surface area (Å²) in [5, 5.41) is 13.6. The van der Waals surface area contributed by atoms with Crippen LogP contribution in [0.1, 0.15) is 57.6 Å². The molecule has 0 aromatic heterocycles. The van der Waals surface area contributed by atoms with Gasteiger partial charge in [0.2, 0.25) is 0 Å². The molecule has 3 atom stereocenters. The fourth-order valence-corrected chi connectivity index (χ4v) is 2.94. The molecule has 0 amide bonds. The maximum atomic E-state index is 10.0. The fourth-order valence-electron chi connectivity index (χ4n) is 2.94. The maximum Gasteiger partial charge on any atom is 0.119 e. The van der Waals surface area contributed by atoms with E-state index in [1.54, 1.807) is 0 Å². The molecule has 1 aliphatic rings. The Morgan fingerprint density at radius 3 is 2.62 bits per heavy atom. The van der Waals surface area contributed by atoms with Crippen molar-refractivity contribution in [3.63, 3.8) is 0 Å². The van der Waals surface area contributed by atoms with Crippen LogP contribution in [-0.4, -0.2) is 24.4 Å². The van der Waals surface area contributed by atoms with Crippen molar-refractivity contribution in [2.24, 2.45) is 5.92 Å². The lowest BCUT2D eigenvalue weighted by atomic mass is 9.86. The van der Waals surface area contributed by atoms with Gasteiger partial charge in [-0.25, -0.2) is 0 Å². The zero-order valence-electron chi connectivity index (χ0n) is 13.3. The third kappa shape index (κ3) is 5.01. The first-order valence-corrected chi connectivity index (χ1v) is 8.35. The molecule has 1 aliphatic carbocycles. The van der Waals surface area contributed by atoms with Gasteiger partial charge in [-0.1, -0.05) is 31.9 Å². The van der Waals surface area contributed by atoms with Crippen molar-refractivity contribution in [3.8, 4) is 5.75 Å². The summed E-state index contributed by atoms with van der Waals surface area (Å²) >= 11 is 0. The summed E-state index contributed by atoms with van der Waals surface area (Å²) in [7, 11) is 0. The van der Waals surface area contributed by atoms with E-state index in [2.05, 4.69) is 31.3 Å². The van der Waals surface area contributed by atoms with Gasteiger partial charge in [0.1, 0.15) is 5.75 Å². The van der Waals surface area contributed by atoms with Gasteiger partial charge in [-0.2, -0.15) is 0 Å². The molecule has 21 heavy (non-hydrogen) atoms. The number of aliphatic hydroxyl groups is 1. The molecule has 0 spiro atoms. The van der Waals surface area contributed by atoms with Crippen molar-refractivity contribution in [2.45, 2.75) is 58.1 Å². The van der Waals surface area contributed by atoms with E-state index >= 15 is 0 Å². The Labute approximate surface area is 128 Å². The van der Waals surface area contributed by atoms with Crippen LogP contribution in [0.5, 0.6) is 5.75 Å². The Hall–Kier alpha value is -1.06. The summed E-state index contributed by atoms with van der Waals surface area (Å²) in [6, 6.07) is 8.64. The number of aliphatic hydroxyl groups excluding tert-OH is 1. The molecular formula is C18H29NO2. The van der Waals surface area contributed by atoms with Gasteiger partial charge in [-0.05, 0) is 49.8 Å². The molecule has 1 saturated carbocycles. The van der Waals surface area contributed by atoms with E-state index in [-0.39, 0.29) is 6.10 Å². The molecule has 0 saturated heterocycles. The quantitative estimate of drug-likeness (QED) is 0.805. The van der Waals surface area contributed by atoms with Gasteiger partial charge < -0.3 is 15.2 Å². The molecule has 1 fully saturated rings. The van der Waals surface area contributed by atoms with Crippen LogP contribution < -0.4 is 10.1 Å². The molecule has 118 valence electrons. The smallest absolute Gasteiger partial charge is 0.119 e. The predicted molar refractivity (Wildman–Crippen MR) is 86.6 cm³/mol. The average molecular weight is 291 g/mol. The second-order valence-corrected chi connectivity index (χ2v) is 6.16. The lowest BCUT2D eigenvalue weighted by Crippen LogP contribution is -2.34. The summed E-state index contributed by atoms with van der Waals surface area (Å²) in [6.07, 6.45) is 5.44. The first-order chi connectivity index (χ1) is 10.2. The highest BCUT2D eigenvalue weighted by atomic mass is 16.5. The summed E-state index contributed by atoms with van der Waals surface area (Å²) in [6.45, 7) is 5.96. The largest absolute Gasteiger partial charge is 0.494 e. The van der Waals surface area contributed by atoms with Crippen molar-refractivity contribution in [2.75, 3.05) is 13.2 Å². The van der Waals surface area contributed by atoms with E-state index in [9.17, 15) is 5.11 Å². The Morgan fingerprint density at radius 1 is 1.24 bits per heavy atom. The van der Waals surface area contributed by atoms with Crippen molar-refractivity contribution in [3.05, 3.63) is 29.8 Å². The zero-order valence-corrected chi connectivity index (χ0v) is 13.3. The van der Waals surface area contributed by atoms with Gasteiger partial charge in [-0.15, -0.1) is 0 Å². The summed E-state index contributed by atoms with van der Waals surface area (Å²) in [5.74, 6) is 1.35. The molecule has 3 nitrogen and oxygen atoms in total. The highest BCUT2D eigenvalue weighted by molar-refractivity contribution is 5.28. The average Bonchev–Trinajstić information content (AvgIpc) is 2.52. The molecule has 1 aromatic rings. The van der Waals surface area contributed by atoms with Crippen LogP contribution >= 0.6 is 0 Å². The lowest BCUT2D eigenvalue weighted by molar-refractivity contribution is 0.0684. The lowest BCUT2D eigenvalue weighted by Gasteiger charge is -2.29. The highest BCUT2D eigenvalue weighted by Crippen LogP contribution is 2.25. The fraction of sp³-hybridized carbons (Fsp3) is 0.667. The second-order valence-electron chi connectivity index (χ2n) is 6.16. The van der Waals surface area contributed by atoms with E-state index in [0.717, 1.165) is 38.2 Å². The molecule has 0 bridgehead atoms. The van der Waals surface area contributed by atoms with Crippen LogP contribution in [0, 0.1) is 5.92 Å². The molecule has 1 aromatic carbocycles. The molecule has 3 unspecified atom stereocenters. The van der Waals surface area contributed by atoms with Crippen LogP contribution in [-0.2, 0) is 0 Å². The Bertz CT molecular complexity index is 404. The third-order valence-electron chi connectivity index (χ3n) is 4.41. The monoisotopic (exact) mass is 291 g/mol.